The average molecular weight is 286 g/mol. The molecule has 0 aliphatic rings. The number of allylic oxidation sites excluding steroid dienone is 1. The van der Waals surface area contributed by atoms with Gasteiger partial charge >= 0.3 is 11.9 Å². The zero-order chi connectivity index (χ0) is 15.4. The lowest BCUT2D eigenvalue weighted by molar-refractivity contribution is -0.146. The van der Waals surface area contributed by atoms with E-state index < -0.39 is 11.9 Å². The van der Waals surface area contributed by atoms with E-state index in [0.717, 1.165) is 25.7 Å². The van der Waals surface area contributed by atoms with Crippen molar-refractivity contribution >= 4 is 11.9 Å². The molecular weight excluding hydrogens is 260 g/mol. The lowest BCUT2D eigenvalue weighted by atomic mass is 10.2. The summed E-state index contributed by atoms with van der Waals surface area (Å²) in [5.74, 6) is -1.06. The van der Waals surface area contributed by atoms with Crippen molar-refractivity contribution in [2.24, 2.45) is 0 Å². The molecule has 0 amide bonds. The van der Waals surface area contributed by atoms with E-state index in [9.17, 15) is 9.59 Å². The first-order valence-electron chi connectivity index (χ1n) is 7.23. The monoisotopic (exact) mass is 286 g/mol. The number of carbonyl (C=O) groups excluding carboxylic acids is 2. The summed E-state index contributed by atoms with van der Waals surface area (Å²) in [6, 6.07) is 0. The second kappa shape index (κ2) is 11.3. The minimum absolute atomic E-state index is 0.132. The molecule has 0 heterocycles. The summed E-state index contributed by atoms with van der Waals surface area (Å²) < 4.78 is 15.1. The Hall–Kier alpha value is -1.52. The van der Waals surface area contributed by atoms with Crippen molar-refractivity contribution in [2.45, 2.75) is 52.9 Å². The van der Waals surface area contributed by atoms with Crippen molar-refractivity contribution in [1.82, 2.24) is 0 Å². The van der Waals surface area contributed by atoms with Crippen molar-refractivity contribution in [3.8, 4) is 0 Å². The maximum absolute atomic E-state index is 12.0. The fourth-order valence-corrected chi connectivity index (χ4v) is 1.70. The van der Waals surface area contributed by atoms with Crippen LogP contribution in [0.1, 0.15) is 52.9 Å². The topological polar surface area (TPSA) is 61.8 Å². The zero-order valence-corrected chi connectivity index (χ0v) is 13.0. The standard InChI is InChI=1S/C15H26O5/c1-5-8-9-10-11-20-15(17)13(14(16)18-4)12(6-2)19-7-3/h5-11H2,1-4H3/b13-12-. The summed E-state index contributed by atoms with van der Waals surface area (Å²) in [6.45, 7) is 6.40. The first-order chi connectivity index (χ1) is 9.62. The van der Waals surface area contributed by atoms with Crippen LogP contribution in [0.3, 0.4) is 0 Å². The minimum atomic E-state index is -0.714. The summed E-state index contributed by atoms with van der Waals surface area (Å²) in [4.78, 5) is 23.7. The smallest absolute Gasteiger partial charge is 0.349 e. The van der Waals surface area contributed by atoms with E-state index in [2.05, 4.69) is 11.7 Å². The molecular formula is C15H26O5. The van der Waals surface area contributed by atoms with Crippen LogP contribution in [0.15, 0.2) is 11.3 Å². The van der Waals surface area contributed by atoms with E-state index in [1.54, 1.807) is 6.92 Å². The number of hydrogen-bond donors (Lipinski definition) is 0. The van der Waals surface area contributed by atoms with Crippen LogP contribution in [0.25, 0.3) is 0 Å². The predicted molar refractivity (Wildman–Crippen MR) is 76.1 cm³/mol. The molecule has 20 heavy (non-hydrogen) atoms. The molecule has 0 N–H and O–H groups in total. The fourth-order valence-electron chi connectivity index (χ4n) is 1.70. The number of rotatable bonds is 10. The Morgan fingerprint density at radius 2 is 1.60 bits per heavy atom. The minimum Gasteiger partial charge on any atom is -0.497 e. The summed E-state index contributed by atoms with van der Waals surface area (Å²) in [7, 11) is 1.23. The van der Waals surface area contributed by atoms with Gasteiger partial charge in [0.15, 0.2) is 5.57 Å². The van der Waals surface area contributed by atoms with Crippen LogP contribution in [-0.4, -0.2) is 32.3 Å². The van der Waals surface area contributed by atoms with Gasteiger partial charge in [-0.3, -0.25) is 0 Å². The zero-order valence-electron chi connectivity index (χ0n) is 13.0. The largest absolute Gasteiger partial charge is 0.497 e. The summed E-state index contributed by atoms with van der Waals surface area (Å²) >= 11 is 0. The van der Waals surface area contributed by atoms with Gasteiger partial charge in [-0.2, -0.15) is 0 Å². The maximum atomic E-state index is 12.0. The van der Waals surface area contributed by atoms with E-state index in [4.69, 9.17) is 9.47 Å². The Morgan fingerprint density at radius 3 is 2.10 bits per heavy atom. The van der Waals surface area contributed by atoms with Crippen molar-refractivity contribution in [3.63, 3.8) is 0 Å². The molecule has 0 spiro atoms. The Kier molecular flexibility index (Phi) is 10.5. The maximum Gasteiger partial charge on any atom is 0.349 e. The van der Waals surface area contributed by atoms with E-state index in [-0.39, 0.29) is 5.57 Å². The fraction of sp³-hybridized carbons (Fsp3) is 0.733. The van der Waals surface area contributed by atoms with Gasteiger partial charge < -0.3 is 14.2 Å². The second-order valence-corrected chi connectivity index (χ2v) is 4.27. The van der Waals surface area contributed by atoms with Gasteiger partial charge in [0.25, 0.3) is 0 Å². The molecule has 0 atom stereocenters. The molecule has 5 nitrogen and oxygen atoms in total. The van der Waals surface area contributed by atoms with Gasteiger partial charge in [-0.25, -0.2) is 9.59 Å². The predicted octanol–water partition coefficient (Wildman–Crippen LogP) is 2.98. The molecule has 0 saturated heterocycles. The lowest BCUT2D eigenvalue weighted by Gasteiger charge is -2.12. The van der Waals surface area contributed by atoms with E-state index in [1.165, 1.54) is 7.11 Å². The van der Waals surface area contributed by atoms with Crippen molar-refractivity contribution in [1.29, 1.82) is 0 Å². The summed E-state index contributed by atoms with van der Waals surface area (Å²) in [6.07, 6.45) is 4.46. The van der Waals surface area contributed by atoms with Crippen LogP contribution in [0, 0.1) is 0 Å². The first-order valence-corrected chi connectivity index (χ1v) is 7.23. The normalized spacial score (nSPS) is 11.6. The van der Waals surface area contributed by atoms with Crippen LogP contribution < -0.4 is 0 Å². The van der Waals surface area contributed by atoms with Gasteiger partial charge in [0.05, 0.1) is 20.3 Å². The summed E-state index contributed by atoms with van der Waals surface area (Å²) in [5.41, 5.74) is -0.132. The van der Waals surface area contributed by atoms with Gasteiger partial charge in [0, 0.05) is 6.42 Å². The molecule has 5 heteroatoms. The van der Waals surface area contributed by atoms with Gasteiger partial charge in [-0.1, -0.05) is 33.1 Å². The van der Waals surface area contributed by atoms with Gasteiger partial charge in [0.2, 0.25) is 0 Å². The number of carbonyl (C=O) groups is 2. The molecule has 116 valence electrons. The van der Waals surface area contributed by atoms with Crippen LogP contribution in [0.5, 0.6) is 0 Å². The Morgan fingerprint density at radius 1 is 0.900 bits per heavy atom. The molecule has 0 aromatic carbocycles. The third kappa shape index (κ3) is 6.59. The molecule has 0 aromatic rings. The second-order valence-electron chi connectivity index (χ2n) is 4.27. The lowest BCUT2D eigenvalue weighted by Crippen LogP contribution is -2.21. The van der Waals surface area contributed by atoms with Gasteiger partial charge in [-0.15, -0.1) is 0 Å². The number of methoxy groups -OCH3 is 1. The summed E-state index contributed by atoms with van der Waals surface area (Å²) in [5, 5.41) is 0. The highest BCUT2D eigenvalue weighted by Gasteiger charge is 2.26. The number of unbranched alkanes of at least 4 members (excludes halogenated alkanes) is 3. The Labute approximate surface area is 121 Å². The van der Waals surface area contributed by atoms with Crippen molar-refractivity contribution < 1.29 is 23.8 Å². The third-order valence-corrected chi connectivity index (χ3v) is 2.74. The molecule has 0 fully saturated rings. The van der Waals surface area contributed by atoms with Crippen molar-refractivity contribution in [3.05, 3.63) is 11.3 Å². The van der Waals surface area contributed by atoms with E-state index >= 15 is 0 Å². The Balaban J connectivity index is 4.70. The van der Waals surface area contributed by atoms with Crippen LogP contribution in [-0.2, 0) is 23.8 Å². The molecule has 0 aliphatic heterocycles. The molecule has 0 aromatic heterocycles. The molecule has 0 rings (SSSR count). The molecule has 0 unspecified atom stereocenters. The van der Waals surface area contributed by atoms with Crippen LogP contribution >= 0.6 is 0 Å². The van der Waals surface area contributed by atoms with Crippen LogP contribution in [0.2, 0.25) is 0 Å². The number of esters is 2. The molecule has 0 bridgehead atoms. The number of hydrogen-bond acceptors (Lipinski definition) is 5. The molecule has 0 radical (unpaired) electrons. The van der Waals surface area contributed by atoms with Crippen molar-refractivity contribution in [2.75, 3.05) is 20.3 Å². The van der Waals surface area contributed by atoms with Gasteiger partial charge in [0.1, 0.15) is 5.76 Å². The highest BCUT2D eigenvalue weighted by atomic mass is 16.6. The highest BCUT2D eigenvalue weighted by Crippen LogP contribution is 2.14. The molecule has 0 saturated carbocycles. The highest BCUT2D eigenvalue weighted by molar-refractivity contribution is 6.14. The van der Waals surface area contributed by atoms with E-state index in [0.29, 0.717) is 25.4 Å². The van der Waals surface area contributed by atoms with E-state index in [1.807, 2.05) is 6.92 Å². The van der Waals surface area contributed by atoms with Gasteiger partial charge in [-0.05, 0) is 13.3 Å². The number of ether oxygens (including phenoxy) is 3. The molecule has 0 aliphatic carbocycles. The SMILES string of the molecule is CCCCCCOC(=O)/C(C(=O)OC)=C(/CC)OCC. The third-order valence-electron chi connectivity index (χ3n) is 2.74. The first kappa shape index (κ1) is 18.5. The van der Waals surface area contributed by atoms with Crippen LogP contribution in [0.4, 0.5) is 0 Å². The average Bonchev–Trinajstić information content (AvgIpc) is 2.46. The quantitative estimate of drug-likeness (QED) is 0.154. The Bertz CT molecular complexity index is 333.